The largest absolute Gasteiger partial charge is 0.324 e. The van der Waals surface area contributed by atoms with Crippen LogP contribution in [0.1, 0.15) is 12.7 Å². The van der Waals surface area contributed by atoms with Crippen molar-refractivity contribution in [2.24, 2.45) is 0 Å². The minimum Gasteiger partial charge on any atom is -0.324 e. The van der Waals surface area contributed by atoms with Gasteiger partial charge in [0.1, 0.15) is 5.82 Å². The number of carbonyl (C=O) groups is 1. The number of anilines is 1. The minimum absolute atomic E-state index is 0.148. The highest BCUT2D eigenvalue weighted by Gasteiger charge is 2.13. The number of aromatic nitrogens is 3. The van der Waals surface area contributed by atoms with Gasteiger partial charge < -0.3 is 9.88 Å². The fourth-order valence-electron chi connectivity index (χ4n) is 1.91. The molecule has 0 saturated carbocycles. The van der Waals surface area contributed by atoms with E-state index in [2.05, 4.69) is 38.0 Å². The van der Waals surface area contributed by atoms with Crippen molar-refractivity contribution in [3.05, 3.63) is 46.2 Å². The Morgan fingerprint density at radius 2 is 2.30 bits per heavy atom. The number of halogens is 2. The molecule has 0 saturated heterocycles. The molecule has 0 aliphatic carbocycles. The predicted octanol–water partition coefficient (Wildman–Crippen LogP) is 4.17. The molecular formula is C15H16BrClN4OS. The van der Waals surface area contributed by atoms with Crippen molar-refractivity contribution in [2.75, 3.05) is 11.1 Å². The summed E-state index contributed by atoms with van der Waals surface area (Å²) < 4.78 is 2.82. The SMILES string of the molecule is C=CCn1c(CC)nnc1SCC(=O)Nc1ccc(Br)cc1Cl. The Bertz CT molecular complexity index is 719. The molecule has 0 unspecified atom stereocenters. The third-order valence-corrected chi connectivity index (χ3v) is 4.73. The standard InChI is InChI=1S/C15H16BrClN4OS/c1-3-7-21-13(4-2)19-20-15(21)23-9-14(22)18-12-6-5-10(16)8-11(12)17/h3,5-6,8H,1,4,7,9H2,2H3,(H,18,22). The molecule has 0 radical (unpaired) electrons. The van der Waals surface area contributed by atoms with Crippen LogP contribution in [-0.4, -0.2) is 26.4 Å². The third kappa shape index (κ3) is 4.83. The van der Waals surface area contributed by atoms with E-state index in [4.69, 9.17) is 11.6 Å². The van der Waals surface area contributed by atoms with Crippen molar-refractivity contribution in [1.29, 1.82) is 0 Å². The Labute approximate surface area is 152 Å². The van der Waals surface area contributed by atoms with E-state index in [0.717, 1.165) is 16.7 Å². The van der Waals surface area contributed by atoms with Crippen molar-refractivity contribution in [3.63, 3.8) is 0 Å². The Balaban J connectivity index is 1.99. The normalized spacial score (nSPS) is 10.6. The lowest BCUT2D eigenvalue weighted by atomic mass is 10.3. The van der Waals surface area contributed by atoms with Gasteiger partial charge in [-0.25, -0.2) is 0 Å². The van der Waals surface area contributed by atoms with E-state index in [-0.39, 0.29) is 11.7 Å². The first-order valence-corrected chi connectivity index (χ1v) is 9.11. The summed E-state index contributed by atoms with van der Waals surface area (Å²) in [6.45, 7) is 6.37. The smallest absolute Gasteiger partial charge is 0.234 e. The second-order valence-corrected chi connectivity index (χ2v) is 6.88. The van der Waals surface area contributed by atoms with Gasteiger partial charge in [-0.1, -0.05) is 52.3 Å². The molecule has 0 atom stereocenters. The number of hydrogen-bond acceptors (Lipinski definition) is 4. The molecule has 0 bridgehead atoms. The Hall–Kier alpha value is -1.31. The number of thioether (sulfide) groups is 1. The van der Waals surface area contributed by atoms with Crippen LogP contribution in [0.2, 0.25) is 5.02 Å². The van der Waals surface area contributed by atoms with Crippen LogP contribution < -0.4 is 5.32 Å². The molecule has 0 spiro atoms. The van der Waals surface area contributed by atoms with E-state index in [0.29, 0.717) is 22.4 Å². The summed E-state index contributed by atoms with van der Waals surface area (Å²) in [6.07, 6.45) is 2.57. The van der Waals surface area contributed by atoms with E-state index in [9.17, 15) is 4.79 Å². The highest BCUT2D eigenvalue weighted by atomic mass is 79.9. The van der Waals surface area contributed by atoms with Crippen LogP contribution in [-0.2, 0) is 17.8 Å². The average Bonchev–Trinajstić information content (AvgIpc) is 2.90. The van der Waals surface area contributed by atoms with Crippen molar-refractivity contribution in [2.45, 2.75) is 25.0 Å². The maximum Gasteiger partial charge on any atom is 0.234 e. The van der Waals surface area contributed by atoms with Gasteiger partial charge in [0, 0.05) is 17.4 Å². The second kappa shape index (κ2) is 8.52. The Kier molecular flexibility index (Phi) is 6.68. The summed E-state index contributed by atoms with van der Waals surface area (Å²) in [4.78, 5) is 12.1. The van der Waals surface area contributed by atoms with Crippen molar-refractivity contribution >= 4 is 50.9 Å². The lowest BCUT2D eigenvalue weighted by molar-refractivity contribution is -0.113. The highest BCUT2D eigenvalue weighted by molar-refractivity contribution is 9.10. The number of allylic oxidation sites excluding steroid dienone is 1. The lowest BCUT2D eigenvalue weighted by Gasteiger charge is -2.08. The summed E-state index contributed by atoms with van der Waals surface area (Å²) in [7, 11) is 0. The summed E-state index contributed by atoms with van der Waals surface area (Å²) >= 11 is 10.8. The van der Waals surface area contributed by atoms with Crippen molar-refractivity contribution in [1.82, 2.24) is 14.8 Å². The molecule has 1 N–H and O–H groups in total. The molecular weight excluding hydrogens is 400 g/mol. The monoisotopic (exact) mass is 414 g/mol. The molecule has 2 rings (SSSR count). The fourth-order valence-corrected chi connectivity index (χ4v) is 3.39. The van der Waals surface area contributed by atoms with E-state index in [1.165, 1.54) is 11.8 Å². The first-order valence-electron chi connectivity index (χ1n) is 6.95. The van der Waals surface area contributed by atoms with E-state index in [1.807, 2.05) is 17.6 Å². The quantitative estimate of drug-likeness (QED) is 0.544. The maximum atomic E-state index is 12.1. The molecule has 23 heavy (non-hydrogen) atoms. The van der Waals surface area contributed by atoms with Gasteiger partial charge in [0.05, 0.1) is 16.5 Å². The van der Waals surface area contributed by atoms with Crippen molar-refractivity contribution in [3.8, 4) is 0 Å². The molecule has 1 amide bonds. The van der Waals surface area contributed by atoms with Crippen LogP contribution in [0, 0.1) is 0 Å². The average molecular weight is 416 g/mol. The molecule has 1 aromatic heterocycles. The lowest BCUT2D eigenvalue weighted by Crippen LogP contribution is -2.15. The van der Waals surface area contributed by atoms with Gasteiger partial charge in [0.15, 0.2) is 5.16 Å². The first-order chi connectivity index (χ1) is 11.0. The van der Waals surface area contributed by atoms with Crippen LogP contribution in [0.15, 0.2) is 40.5 Å². The molecule has 1 heterocycles. The summed E-state index contributed by atoms with van der Waals surface area (Å²) in [5, 5.41) is 12.2. The van der Waals surface area contributed by atoms with Gasteiger partial charge in [-0.15, -0.1) is 16.8 Å². The molecule has 5 nitrogen and oxygen atoms in total. The first kappa shape index (κ1) is 18.0. The maximum absolute atomic E-state index is 12.1. The van der Waals surface area contributed by atoms with E-state index in [1.54, 1.807) is 18.2 Å². The van der Waals surface area contributed by atoms with Gasteiger partial charge in [0.25, 0.3) is 0 Å². The molecule has 122 valence electrons. The zero-order valence-corrected chi connectivity index (χ0v) is 15.7. The minimum atomic E-state index is -0.148. The summed E-state index contributed by atoms with van der Waals surface area (Å²) in [6, 6.07) is 5.31. The second-order valence-electron chi connectivity index (χ2n) is 4.61. The van der Waals surface area contributed by atoms with Crippen LogP contribution in [0.5, 0.6) is 0 Å². The van der Waals surface area contributed by atoms with Gasteiger partial charge in [0.2, 0.25) is 5.91 Å². The third-order valence-electron chi connectivity index (χ3n) is 2.96. The van der Waals surface area contributed by atoms with Crippen LogP contribution in [0.4, 0.5) is 5.69 Å². The molecule has 0 aliphatic heterocycles. The van der Waals surface area contributed by atoms with Gasteiger partial charge >= 0.3 is 0 Å². The zero-order valence-electron chi connectivity index (χ0n) is 12.6. The molecule has 0 fully saturated rings. The predicted molar refractivity (Wildman–Crippen MR) is 98.1 cm³/mol. The number of carbonyl (C=O) groups excluding carboxylic acids is 1. The van der Waals surface area contributed by atoms with Gasteiger partial charge in [-0.05, 0) is 18.2 Å². The number of rotatable bonds is 7. The molecule has 2 aromatic rings. The fraction of sp³-hybridized carbons (Fsp3) is 0.267. The number of aryl methyl sites for hydroxylation is 1. The molecule has 1 aromatic carbocycles. The summed E-state index contributed by atoms with van der Waals surface area (Å²) in [5.41, 5.74) is 0.585. The van der Waals surface area contributed by atoms with Gasteiger partial charge in [-0.3, -0.25) is 4.79 Å². The van der Waals surface area contributed by atoms with Crippen molar-refractivity contribution < 1.29 is 4.79 Å². The van der Waals surface area contributed by atoms with Crippen LogP contribution in [0.25, 0.3) is 0 Å². The van der Waals surface area contributed by atoms with Gasteiger partial charge in [-0.2, -0.15) is 0 Å². The Morgan fingerprint density at radius 1 is 1.52 bits per heavy atom. The van der Waals surface area contributed by atoms with E-state index < -0.39 is 0 Å². The number of amides is 1. The Morgan fingerprint density at radius 3 is 2.96 bits per heavy atom. The number of benzene rings is 1. The summed E-state index contributed by atoms with van der Waals surface area (Å²) in [5.74, 6) is 0.958. The zero-order chi connectivity index (χ0) is 16.8. The number of hydrogen-bond donors (Lipinski definition) is 1. The molecule has 0 aliphatic rings. The van der Waals surface area contributed by atoms with E-state index >= 15 is 0 Å². The van der Waals surface area contributed by atoms with Crippen LogP contribution in [0.3, 0.4) is 0 Å². The number of nitrogens with one attached hydrogen (secondary N) is 1. The number of nitrogens with zero attached hydrogens (tertiary/aromatic N) is 3. The topological polar surface area (TPSA) is 59.8 Å². The highest BCUT2D eigenvalue weighted by Crippen LogP contribution is 2.26. The van der Waals surface area contributed by atoms with Crippen LogP contribution >= 0.6 is 39.3 Å². The molecule has 8 heteroatoms.